The molecule has 0 aliphatic heterocycles. The summed E-state index contributed by atoms with van der Waals surface area (Å²) in [6.45, 7) is 9.05. The first-order valence-corrected chi connectivity index (χ1v) is 7.26. The number of hydrogen-bond donors (Lipinski definition) is 1. The number of hydrogen-bond acceptors (Lipinski definition) is 1. The third-order valence-electron chi connectivity index (χ3n) is 2.88. The Morgan fingerprint density at radius 2 is 1.11 bits per heavy atom. The van der Waals surface area contributed by atoms with Crippen LogP contribution in [0, 0.1) is 5.21 Å². The largest absolute Gasteiger partial charge is 0.634 e. The highest BCUT2D eigenvalue weighted by Crippen LogP contribution is 2.09. The fourth-order valence-electron chi connectivity index (χ4n) is 1.86. The number of hydroxylamine groups is 2. The van der Waals surface area contributed by atoms with Gasteiger partial charge in [-0.05, 0) is 12.8 Å². The molecular weight excluding hydrogens is 226 g/mol. The Labute approximate surface area is 114 Å². The van der Waals surface area contributed by atoms with Crippen LogP contribution in [0.3, 0.4) is 0 Å². The Balaban J connectivity index is -0.000000709. The maximum Gasteiger partial charge on any atom is 0.0766 e. The van der Waals surface area contributed by atoms with Crippen LogP contribution < -0.4 is 5.06 Å². The average Bonchev–Trinajstić information content (AvgIpc) is 2.34. The Morgan fingerprint density at radius 3 is 1.44 bits per heavy atom. The SMILES string of the molecule is C=C.CCCCCCCCCCCC[NH+](C)[O-].O. The summed E-state index contributed by atoms with van der Waals surface area (Å²) >= 11 is 0. The van der Waals surface area contributed by atoms with E-state index in [2.05, 4.69) is 20.1 Å². The molecule has 0 aliphatic carbocycles. The molecule has 0 spiro atoms. The fraction of sp³-hybridized carbons (Fsp3) is 0.867. The molecule has 0 aromatic carbocycles. The normalized spacial score (nSPS) is 11.1. The summed E-state index contributed by atoms with van der Waals surface area (Å²) in [5, 5.41) is 11.0. The highest BCUT2D eigenvalue weighted by molar-refractivity contribution is 4.46. The van der Waals surface area contributed by atoms with Gasteiger partial charge in [0.05, 0.1) is 13.6 Å². The van der Waals surface area contributed by atoms with E-state index >= 15 is 0 Å². The van der Waals surface area contributed by atoms with Gasteiger partial charge in [-0.3, -0.25) is 0 Å². The van der Waals surface area contributed by atoms with Gasteiger partial charge in [0.15, 0.2) is 0 Å². The fourth-order valence-corrected chi connectivity index (χ4v) is 1.86. The van der Waals surface area contributed by atoms with E-state index in [0.717, 1.165) is 13.0 Å². The second kappa shape index (κ2) is 21.9. The van der Waals surface area contributed by atoms with Crippen molar-refractivity contribution in [2.75, 3.05) is 13.6 Å². The maximum absolute atomic E-state index is 10.7. The van der Waals surface area contributed by atoms with E-state index in [1.165, 1.54) is 57.8 Å². The standard InChI is InChI=1S/C13H29NO.C2H4.H2O/c1-3-4-5-6-7-8-9-10-11-12-13-14(2)15;1-2;/h14H,3-13H2,1-2H3;1-2H2;1H2. The molecule has 18 heavy (non-hydrogen) atoms. The van der Waals surface area contributed by atoms with Crippen molar-refractivity contribution in [1.29, 1.82) is 0 Å². The highest BCUT2D eigenvalue weighted by Gasteiger charge is 1.93. The molecule has 1 unspecified atom stereocenters. The van der Waals surface area contributed by atoms with Crippen LogP contribution >= 0.6 is 0 Å². The Hall–Kier alpha value is -0.380. The van der Waals surface area contributed by atoms with E-state index < -0.39 is 0 Å². The molecular formula is C15H35NO2. The van der Waals surface area contributed by atoms with E-state index in [0.29, 0.717) is 5.06 Å². The molecule has 3 heteroatoms. The van der Waals surface area contributed by atoms with Gasteiger partial charge >= 0.3 is 0 Å². The molecule has 3 N–H and O–H groups in total. The molecule has 0 saturated carbocycles. The molecule has 0 bridgehead atoms. The zero-order valence-corrected chi connectivity index (χ0v) is 12.6. The van der Waals surface area contributed by atoms with Crippen molar-refractivity contribution in [3.63, 3.8) is 0 Å². The van der Waals surface area contributed by atoms with Gasteiger partial charge in [0.2, 0.25) is 0 Å². The van der Waals surface area contributed by atoms with Crippen molar-refractivity contribution in [2.45, 2.75) is 71.1 Å². The molecule has 0 rings (SSSR count). The van der Waals surface area contributed by atoms with Gasteiger partial charge in [-0.15, -0.1) is 13.2 Å². The topological polar surface area (TPSA) is 59.0 Å². The predicted molar refractivity (Wildman–Crippen MR) is 81.8 cm³/mol. The number of quaternary nitrogens is 1. The second-order valence-corrected chi connectivity index (χ2v) is 4.63. The summed E-state index contributed by atoms with van der Waals surface area (Å²) in [6, 6.07) is 0. The van der Waals surface area contributed by atoms with Gasteiger partial charge in [-0.1, -0.05) is 58.3 Å². The lowest BCUT2D eigenvalue weighted by Gasteiger charge is -2.15. The summed E-state index contributed by atoms with van der Waals surface area (Å²) < 4.78 is 0. The van der Waals surface area contributed by atoms with Crippen molar-refractivity contribution < 1.29 is 10.5 Å². The van der Waals surface area contributed by atoms with E-state index in [-0.39, 0.29) is 5.48 Å². The van der Waals surface area contributed by atoms with Gasteiger partial charge in [0.1, 0.15) is 0 Å². The molecule has 0 fully saturated rings. The van der Waals surface area contributed by atoms with Crippen LogP contribution in [0.1, 0.15) is 71.1 Å². The van der Waals surface area contributed by atoms with Crippen molar-refractivity contribution in [3.8, 4) is 0 Å². The Bertz CT molecular complexity index is 130. The number of nitrogens with one attached hydrogen (secondary N) is 1. The van der Waals surface area contributed by atoms with Crippen molar-refractivity contribution >= 4 is 0 Å². The summed E-state index contributed by atoms with van der Waals surface area (Å²) in [7, 11) is 1.69. The molecule has 0 aromatic heterocycles. The summed E-state index contributed by atoms with van der Waals surface area (Å²) in [5.74, 6) is 0. The van der Waals surface area contributed by atoms with Gasteiger partial charge in [0, 0.05) is 0 Å². The Kier molecular flexibility index (Phi) is 27.7. The van der Waals surface area contributed by atoms with E-state index in [9.17, 15) is 5.21 Å². The summed E-state index contributed by atoms with van der Waals surface area (Å²) in [6.07, 6.45) is 13.4. The van der Waals surface area contributed by atoms with Crippen LogP contribution in [-0.4, -0.2) is 19.1 Å². The molecule has 0 amide bonds. The van der Waals surface area contributed by atoms with Crippen molar-refractivity contribution in [3.05, 3.63) is 18.4 Å². The first kappa shape index (κ1) is 22.8. The van der Waals surface area contributed by atoms with Crippen LogP contribution in [0.5, 0.6) is 0 Å². The zero-order valence-electron chi connectivity index (χ0n) is 12.6. The lowest BCUT2D eigenvalue weighted by atomic mass is 10.1. The van der Waals surface area contributed by atoms with Gasteiger partial charge in [-0.2, -0.15) is 0 Å². The van der Waals surface area contributed by atoms with Crippen molar-refractivity contribution in [2.24, 2.45) is 0 Å². The molecule has 1 atom stereocenters. The monoisotopic (exact) mass is 261 g/mol. The summed E-state index contributed by atoms with van der Waals surface area (Å²) in [5.41, 5.74) is 0. The molecule has 0 radical (unpaired) electrons. The summed E-state index contributed by atoms with van der Waals surface area (Å²) in [4.78, 5) is 0. The number of unbranched alkanes of at least 4 members (excludes halogenated alkanes) is 9. The van der Waals surface area contributed by atoms with Gasteiger partial charge in [0.25, 0.3) is 0 Å². The van der Waals surface area contributed by atoms with Gasteiger partial charge in [-0.25, -0.2) is 0 Å². The lowest BCUT2D eigenvalue weighted by molar-refractivity contribution is -0.826. The third-order valence-corrected chi connectivity index (χ3v) is 2.88. The van der Waals surface area contributed by atoms with Crippen LogP contribution in [0.25, 0.3) is 0 Å². The first-order chi connectivity index (χ1) is 8.27. The minimum atomic E-state index is 0. The maximum atomic E-state index is 10.7. The first-order valence-electron chi connectivity index (χ1n) is 7.26. The van der Waals surface area contributed by atoms with E-state index in [1.54, 1.807) is 7.05 Å². The average molecular weight is 261 g/mol. The molecule has 0 heterocycles. The minimum Gasteiger partial charge on any atom is -0.634 e. The van der Waals surface area contributed by atoms with Crippen LogP contribution in [0.15, 0.2) is 13.2 Å². The number of rotatable bonds is 11. The molecule has 0 aliphatic rings. The lowest BCUT2D eigenvalue weighted by Crippen LogP contribution is -3.03. The van der Waals surface area contributed by atoms with Crippen LogP contribution in [0.4, 0.5) is 0 Å². The second-order valence-electron chi connectivity index (χ2n) is 4.63. The van der Waals surface area contributed by atoms with E-state index in [4.69, 9.17) is 0 Å². The minimum absolute atomic E-state index is 0. The van der Waals surface area contributed by atoms with Crippen LogP contribution in [-0.2, 0) is 0 Å². The predicted octanol–water partition coefficient (Wildman–Crippen LogP) is 2.90. The van der Waals surface area contributed by atoms with Crippen molar-refractivity contribution in [1.82, 2.24) is 0 Å². The van der Waals surface area contributed by atoms with Gasteiger partial charge < -0.3 is 15.7 Å². The third kappa shape index (κ3) is 24.7. The zero-order chi connectivity index (χ0) is 13.4. The molecule has 112 valence electrons. The van der Waals surface area contributed by atoms with Crippen LogP contribution in [0.2, 0.25) is 0 Å². The Morgan fingerprint density at radius 1 is 0.778 bits per heavy atom. The van der Waals surface area contributed by atoms with E-state index in [1.807, 2.05) is 0 Å². The molecule has 0 aromatic rings. The molecule has 0 saturated heterocycles. The smallest absolute Gasteiger partial charge is 0.0766 e. The quantitative estimate of drug-likeness (QED) is 0.347. The molecule has 3 nitrogen and oxygen atoms in total. The highest BCUT2D eigenvalue weighted by atomic mass is 16.5.